The summed E-state index contributed by atoms with van der Waals surface area (Å²) < 4.78 is 12.6. The smallest absolute Gasteiger partial charge is 0.251 e. The maximum Gasteiger partial charge on any atom is 0.251 e. The van der Waals surface area contributed by atoms with Gasteiger partial charge in [0.05, 0.1) is 13.2 Å². The van der Waals surface area contributed by atoms with E-state index < -0.39 is 5.54 Å². The van der Waals surface area contributed by atoms with Gasteiger partial charge in [-0.05, 0) is 65.0 Å². The number of hydrogen-bond donors (Lipinski definition) is 2. The fraction of sp³-hybridized carbons (Fsp3) is 0.310. The highest BCUT2D eigenvalue weighted by Gasteiger charge is 2.44. The Bertz CT molecular complexity index is 1340. The van der Waals surface area contributed by atoms with Crippen LogP contribution in [0.3, 0.4) is 0 Å². The summed E-state index contributed by atoms with van der Waals surface area (Å²) in [6, 6.07) is 22.9. The van der Waals surface area contributed by atoms with Crippen molar-refractivity contribution in [2.45, 2.75) is 31.3 Å². The van der Waals surface area contributed by atoms with Crippen LogP contribution in [0.25, 0.3) is 10.4 Å². The van der Waals surface area contributed by atoms with Gasteiger partial charge in [0.15, 0.2) is 5.54 Å². The zero-order chi connectivity index (χ0) is 27.5. The van der Waals surface area contributed by atoms with E-state index in [1.807, 2.05) is 72.8 Å². The third-order valence-corrected chi connectivity index (χ3v) is 6.91. The van der Waals surface area contributed by atoms with Gasteiger partial charge in [0, 0.05) is 40.9 Å². The first kappa shape index (κ1) is 28.2. The van der Waals surface area contributed by atoms with Crippen LogP contribution in [0.2, 0.25) is 0 Å². The summed E-state index contributed by atoms with van der Waals surface area (Å²) in [6.45, 7) is 1.21. The second-order valence-electron chi connectivity index (χ2n) is 9.15. The average Bonchev–Trinajstić information content (AvgIpc) is 3.39. The molecule has 0 radical (unpaired) electrons. The second kappa shape index (κ2) is 13.8. The molecular weight excluding hydrogens is 562 g/mol. The number of nitrogens with one attached hydrogen (secondary N) is 1. The lowest BCUT2D eigenvalue weighted by Crippen LogP contribution is -2.49. The van der Waals surface area contributed by atoms with Crippen LogP contribution in [-0.2, 0) is 28.9 Å². The van der Waals surface area contributed by atoms with Crippen LogP contribution in [0.15, 0.2) is 87.4 Å². The molecule has 1 aliphatic heterocycles. The molecule has 1 aliphatic rings. The molecule has 9 nitrogen and oxygen atoms in total. The highest BCUT2D eigenvalue weighted by Crippen LogP contribution is 2.29. The van der Waals surface area contributed by atoms with Crippen molar-refractivity contribution in [1.82, 2.24) is 5.32 Å². The summed E-state index contributed by atoms with van der Waals surface area (Å²) in [4.78, 5) is 21.4. The van der Waals surface area contributed by atoms with E-state index in [2.05, 4.69) is 31.3 Å². The Morgan fingerprint density at radius 3 is 2.59 bits per heavy atom. The number of aliphatic hydroxyl groups excluding tert-OH is 1. The summed E-state index contributed by atoms with van der Waals surface area (Å²) in [6.07, 6.45) is 1.52. The molecule has 0 spiro atoms. The summed E-state index contributed by atoms with van der Waals surface area (Å²) in [5, 5.41) is 15.7. The molecule has 0 aromatic heterocycles. The summed E-state index contributed by atoms with van der Waals surface area (Å²) >= 11 is 3.44. The number of amides is 1. The average molecular weight is 592 g/mol. The van der Waals surface area contributed by atoms with Crippen LogP contribution >= 0.6 is 15.9 Å². The Morgan fingerprint density at radius 1 is 1.13 bits per heavy atom. The van der Waals surface area contributed by atoms with Crippen LogP contribution in [0.5, 0.6) is 5.75 Å². The molecule has 0 bridgehead atoms. The van der Waals surface area contributed by atoms with Gasteiger partial charge >= 0.3 is 0 Å². The molecule has 0 saturated heterocycles. The Hall–Kier alpha value is -3.85. The zero-order valence-corrected chi connectivity index (χ0v) is 23.0. The van der Waals surface area contributed by atoms with Crippen LogP contribution in [-0.4, -0.2) is 48.8 Å². The number of carbonyl (C=O) groups excluding carboxylic acids is 1. The van der Waals surface area contributed by atoms with E-state index >= 15 is 0 Å². The monoisotopic (exact) mass is 591 g/mol. The van der Waals surface area contributed by atoms with Crippen molar-refractivity contribution in [2.75, 3.05) is 26.4 Å². The van der Waals surface area contributed by atoms with Gasteiger partial charge in [0.1, 0.15) is 12.4 Å². The molecule has 39 heavy (non-hydrogen) atoms. The lowest BCUT2D eigenvalue weighted by Gasteiger charge is -2.24. The van der Waals surface area contributed by atoms with E-state index in [4.69, 9.17) is 25.1 Å². The maximum absolute atomic E-state index is 13.7. The van der Waals surface area contributed by atoms with Gasteiger partial charge in [-0.15, -0.1) is 0 Å². The van der Waals surface area contributed by atoms with Crippen molar-refractivity contribution in [2.24, 2.45) is 10.1 Å². The normalized spacial score (nSPS) is 16.1. The minimum atomic E-state index is -1.18. The van der Waals surface area contributed by atoms with E-state index in [1.165, 1.54) is 0 Å². The number of aliphatic imine (C=N–C) groups is 1. The molecule has 0 fully saturated rings. The molecule has 202 valence electrons. The second-order valence-corrected chi connectivity index (χ2v) is 10.1. The molecule has 3 aromatic carbocycles. The highest BCUT2D eigenvalue weighted by atomic mass is 79.9. The Morgan fingerprint density at radius 2 is 1.87 bits per heavy atom. The minimum Gasteiger partial charge on any atom is -0.494 e. The molecule has 0 unspecified atom stereocenters. The number of hydrogen-bond acceptors (Lipinski definition) is 6. The number of azide groups is 1. The first-order chi connectivity index (χ1) is 19.0. The predicted molar refractivity (Wildman–Crippen MR) is 153 cm³/mol. The van der Waals surface area contributed by atoms with Crippen molar-refractivity contribution in [3.05, 3.63) is 110 Å². The van der Waals surface area contributed by atoms with Gasteiger partial charge in [0.25, 0.3) is 5.91 Å². The van der Waals surface area contributed by atoms with Crippen molar-refractivity contribution in [3.63, 3.8) is 0 Å². The van der Waals surface area contributed by atoms with E-state index in [9.17, 15) is 4.79 Å². The van der Waals surface area contributed by atoms with Crippen molar-refractivity contribution >= 4 is 27.7 Å². The lowest BCUT2D eigenvalue weighted by atomic mass is 9.89. The van der Waals surface area contributed by atoms with E-state index in [0.717, 1.165) is 26.7 Å². The number of carbonyl (C=O) groups is 1. The number of ether oxygens (including phenoxy) is 2. The van der Waals surface area contributed by atoms with Crippen molar-refractivity contribution in [1.29, 1.82) is 0 Å². The quantitative estimate of drug-likeness (QED) is 0.123. The molecule has 1 heterocycles. The van der Waals surface area contributed by atoms with Gasteiger partial charge in [0.2, 0.25) is 5.90 Å². The molecule has 0 saturated carbocycles. The third kappa shape index (κ3) is 7.60. The molecular formula is C29H30BrN5O4. The first-order valence-corrected chi connectivity index (χ1v) is 13.5. The summed E-state index contributed by atoms with van der Waals surface area (Å²) in [5.41, 5.74) is 11.2. The molecule has 1 atom stereocenters. The van der Waals surface area contributed by atoms with Gasteiger partial charge in [-0.1, -0.05) is 57.4 Å². The molecule has 4 rings (SSSR count). The number of nitrogens with zero attached hydrogens (tertiary/aromatic N) is 4. The number of benzene rings is 3. The minimum absolute atomic E-state index is 0.0714. The van der Waals surface area contributed by atoms with E-state index in [-0.39, 0.29) is 25.7 Å². The van der Waals surface area contributed by atoms with Crippen molar-refractivity contribution in [3.8, 4) is 5.75 Å². The van der Waals surface area contributed by atoms with Crippen LogP contribution in [0.4, 0.5) is 0 Å². The molecule has 2 N–H and O–H groups in total. The van der Waals surface area contributed by atoms with E-state index in [0.29, 0.717) is 44.1 Å². The fourth-order valence-electron chi connectivity index (χ4n) is 4.27. The fourth-order valence-corrected chi connectivity index (χ4v) is 4.54. The summed E-state index contributed by atoms with van der Waals surface area (Å²) in [5.74, 6) is 0.833. The molecule has 0 aliphatic carbocycles. The molecule has 10 heteroatoms. The molecule has 1 amide bonds. The topological polar surface area (TPSA) is 129 Å². The zero-order valence-electron chi connectivity index (χ0n) is 21.4. The Labute approximate surface area is 235 Å². The van der Waals surface area contributed by atoms with Crippen molar-refractivity contribution < 1.29 is 19.4 Å². The SMILES string of the molecule is [N-]=[N+]=NCc1ccccc1C[C@]1(C(=O)NCCc2ccc(Br)cc2)COC(c2ccc(OCCCO)cc2)=N1. The first-order valence-electron chi connectivity index (χ1n) is 12.7. The predicted octanol–water partition coefficient (Wildman–Crippen LogP) is 5.14. The van der Waals surface area contributed by atoms with Gasteiger partial charge in [-0.3, -0.25) is 4.79 Å². The van der Waals surface area contributed by atoms with E-state index in [1.54, 1.807) is 0 Å². The maximum atomic E-state index is 13.7. The molecule has 3 aromatic rings. The third-order valence-electron chi connectivity index (χ3n) is 6.38. The highest BCUT2D eigenvalue weighted by molar-refractivity contribution is 9.10. The number of rotatable bonds is 13. The van der Waals surface area contributed by atoms with Crippen LogP contribution in [0, 0.1) is 0 Å². The Balaban J connectivity index is 1.56. The van der Waals surface area contributed by atoms with Gasteiger partial charge < -0.3 is 19.9 Å². The largest absolute Gasteiger partial charge is 0.494 e. The number of aliphatic hydroxyl groups is 1. The van der Waals surface area contributed by atoms with Gasteiger partial charge in [-0.25, -0.2) is 4.99 Å². The van der Waals surface area contributed by atoms with Crippen LogP contribution < -0.4 is 10.1 Å². The summed E-state index contributed by atoms with van der Waals surface area (Å²) in [7, 11) is 0. The standard InChI is InChI=1S/C29H30BrN5O4/c30-25-10-6-21(7-11-25)14-15-32-28(37)29(18-23-4-1-2-5-24(23)19-33-35-31)20-39-27(34-29)22-8-12-26(13-9-22)38-17-3-16-36/h1-2,4-13,36H,3,14-20H2,(H,32,37)/t29-/m1/s1. The lowest BCUT2D eigenvalue weighted by molar-refractivity contribution is -0.126. The van der Waals surface area contributed by atoms with Crippen LogP contribution in [0.1, 0.15) is 28.7 Å². The van der Waals surface area contributed by atoms with Gasteiger partial charge in [-0.2, -0.15) is 0 Å². The number of halogens is 1. The Kier molecular flexibility index (Phi) is 9.97.